The zero-order valence-electron chi connectivity index (χ0n) is 12.4. The van der Waals surface area contributed by atoms with Crippen LogP contribution in [0.3, 0.4) is 0 Å². The molecule has 2 atom stereocenters. The molecule has 2 aliphatic heterocycles. The largest absolute Gasteiger partial charge is 0.308 e. The molecule has 4 bridgehead atoms. The minimum atomic E-state index is 0.617. The summed E-state index contributed by atoms with van der Waals surface area (Å²) in [4.78, 5) is 0. The van der Waals surface area contributed by atoms with E-state index in [1.54, 1.807) is 0 Å². The molecule has 0 spiro atoms. The highest BCUT2D eigenvalue weighted by Gasteiger charge is 2.44. The average molecular weight is 283 g/mol. The molecule has 4 aliphatic rings. The molecule has 110 valence electrons. The van der Waals surface area contributed by atoms with Crippen LogP contribution in [0, 0.1) is 11.8 Å². The molecule has 2 fully saturated rings. The first-order chi connectivity index (χ1) is 10.3. The minimum absolute atomic E-state index is 0.617. The van der Waals surface area contributed by atoms with Crippen molar-refractivity contribution < 1.29 is 0 Å². The molecule has 2 unspecified atom stereocenters. The van der Waals surface area contributed by atoms with Crippen molar-refractivity contribution in [2.24, 2.45) is 11.8 Å². The number of hydrogen-bond donors (Lipinski definition) is 0. The van der Waals surface area contributed by atoms with Gasteiger partial charge in [0.1, 0.15) is 5.82 Å². The maximum Gasteiger partial charge on any atom is 0.167 e. The fourth-order valence-electron chi connectivity index (χ4n) is 5.03. The molecular weight excluding hydrogens is 262 g/mol. The molecule has 2 aromatic heterocycles. The summed E-state index contributed by atoms with van der Waals surface area (Å²) in [6.45, 7) is 3.01. The number of hydrogen-bond acceptors (Lipinski definition) is 3. The first kappa shape index (κ1) is 12.0. The number of aryl methyl sites for hydroxylation is 1. The van der Waals surface area contributed by atoms with Gasteiger partial charge >= 0.3 is 0 Å². The van der Waals surface area contributed by atoms with Crippen LogP contribution in [0.15, 0.2) is 12.4 Å². The van der Waals surface area contributed by atoms with E-state index in [9.17, 15) is 0 Å². The normalized spacial score (nSPS) is 33.2. The molecule has 0 radical (unpaired) electrons. The van der Waals surface area contributed by atoms with Gasteiger partial charge in [-0.2, -0.15) is 5.10 Å². The lowest BCUT2D eigenvalue weighted by molar-refractivity contribution is 0.150. The molecule has 0 aromatic carbocycles. The van der Waals surface area contributed by atoms with E-state index in [2.05, 4.69) is 33.0 Å². The third kappa shape index (κ3) is 1.66. The Bertz CT molecular complexity index is 671. The van der Waals surface area contributed by atoms with Crippen molar-refractivity contribution in [1.29, 1.82) is 0 Å². The molecule has 5 heteroatoms. The topological polar surface area (TPSA) is 48.5 Å². The second-order valence-electron chi connectivity index (χ2n) is 7.10. The Balaban J connectivity index is 1.65. The van der Waals surface area contributed by atoms with Gasteiger partial charge in [0.05, 0.1) is 11.8 Å². The molecule has 4 heterocycles. The molecular formula is C16H21N5. The van der Waals surface area contributed by atoms with Gasteiger partial charge in [0.15, 0.2) is 5.82 Å². The molecule has 5 nitrogen and oxygen atoms in total. The van der Waals surface area contributed by atoms with Crippen LogP contribution in [0.25, 0.3) is 11.4 Å². The lowest BCUT2D eigenvalue weighted by atomic mass is 9.68. The van der Waals surface area contributed by atoms with Crippen molar-refractivity contribution in [1.82, 2.24) is 24.5 Å². The van der Waals surface area contributed by atoms with Crippen LogP contribution in [-0.2, 0) is 6.54 Å². The second kappa shape index (κ2) is 4.18. The maximum atomic E-state index is 4.60. The Hall–Kier alpha value is -1.65. The predicted octanol–water partition coefficient (Wildman–Crippen LogP) is 3.01. The molecule has 0 N–H and O–H groups in total. The molecule has 2 aromatic rings. The molecule has 0 amide bonds. The quantitative estimate of drug-likeness (QED) is 0.851. The maximum absolute atomic E-state index is 4.60. The third-order valence-electron chi connectivity index (χ3n) is 5.78. The van der Waals surface area contributed by atoms with Gasteiger partial charge < -0.3 is 4.57 Å². The minimum Gasteiger partial charge on any atom is -0.308 e. The highest BCUT2D eigenvalue weighted by atomic mass is 15.3. The van der Waals surface area contributed by atoms with E-state index >= 15 is 0 Å². The summed E-state index contributed by atoms with van der Waals surface area (Å²) in [5.74, 6) is 4.77. The van der Waals surface area contributed by atoms with Gasteiger partial charge in [0.25, 0.3) is 0 Å². The van der Waals surface area contributed by atoms with Crippen LogP contribution >= 0.6 is 0 Å². The van der Waals surface area contributed by atoms with Crippen LogP contribution in [-0.4, -0.2) is 24.5 Å². The summed E-state index contributed by atoms with van der Waals surface area (Å²) < 4.78 is 4.44. The number of nitrogens with zero attached hydrogens (tertiary/aromatic N) is 5. The van der Waals surface area contributed by atoms with E-state index in [1.807, 2.05) is 10.9 Å². The van der Waals surface area contributed by atoms with Gasteiger partial charge in [-0.1, -0.05) is 0 Å². The third-order valence-corrected chi connectivity index (χ3v) is 5.78. The van der Waals surface area contributed by atoms with Crippen molar-refractivity contribution in [3.05, 3.63) is 18.2 Å². The highest BCUT2D eigenvalue weighted by molar-refractivity contribution is 5.53. The van der Waals surface area contributed by atoms with E-state index in [0.29, 0.717) is 12.0 Å². The van der Waals surface area contributed by atoms with Crippen LogP contribution in [0.5, 0.6) is 0 Å². The average Bonchev–Trinajstić information content (AvgIpc) is 3.09. The SMILES string of the molecule is CCn1cc(-c2nnc3n2C2CC4CC(CC3C4)C2)cn1. The number of rotatable bonds is 2. The van der Waals surface area contributed by atoms with E-state index in [1.165, 1.54) is 37.9 Å². The monoisotopic (exact) mass is 283 g/mol. The summed E-state index contributed by atoms with van der Waals surface area (Å²) in [6.07, 6.45) is 10.8. The van der Waals surface area contributed by atoms with Gasteiger partial charge in [-0.25, -0.2) is 0 Å². The number of aromatic nitrogens is 5. The summed E-state index contributed by atoms with van der Waals surface area (Å²) in [7, 11) is 0. The van der Waals surface area contributed by atoms with E-state index in [0.717, 1.165) is 29.8 Å². The zero-order chi connectivity index (χ0) is 14.0. The Labute approximate surface area is 124 Å². The van der Waals surface area contributed by atoms with E-state index in [-0.39, 0.29) is 0 Å². The Morgan fingerprint density at radius 1 is 1.10 bits per heavy atom. The van der Waals surface area contributed by atoms with Crippen LogP contribution in [0.4, 0.5) is 0 Å². The highest BCUT2D eigenvalue weighted by Crippen LogP contribution is 2.53. The lowest BCUT2D eigenvalue weighted by Gasteiger charge is -2.38. The van der Waals surface area contributed by atoms with Gasteiger partial charge in [-0.3, -0.25) is 4.68 Å². The fraction of sp³-hybridized carbons (Fsp3) is 0.688. The summed E-state index contributed by atoms with van der Waals surface area (Å²) >= 11 is 0. The fourth-order valence-corrected chi connectivity index (χ4v) is 5.03. The summed E-state index contributed by atoms with van der Waals surface area (Å²) in [5.41, 5.74) is 1.12. The van der Waals surface area contributed by atoms with Gasteiger partial charge in [0, 0.05) is 24.7 Å². The van der Waals surface area contributed by atoms with Crippen LogP contribution in [0.1, 0.15) is 56.8 Å². The molecule has 2 saturated carbocycles. The zero-order valence-corrected chi connectivity index (χ0v) is 12.4. The van der Waals surface area contributed by atoms with Gasteiger partial charge in [0.2, 0.25) is 0 Å². The molecule has 2 aliphatic carbocycles. The molecule has 0 saturated heterocycles. The molecule has 6 rings (SSSR count). The first-order valence-electron chi connectivity index (χ1n) is 8.29. The van der Waals surface area contributed by atoms with Crippen LogP contribution in [0.2, 0.25) is 0 Å². The van der Waals surface area contributed by atoms with Gasteiger partial charge in [-0.15, -0.1) is 10.2 Å². The van der Waals surface area contributed by atoms with Gasteiger partial charge in [-0.05, 0) is 50.9 Å². The van der Waals surface area contributed by atoms with Crippen molar-refractivity contribution in [2.45, 2.75) is 57.5 Å². The smallest absolute Gasteiger partial charge is 0.167 e. The second-order valence-corrected chi connectivity index (χ2v) is 7.10. The van der Waals surface area contributed by atoms with Crippen molar-refractivity contribution in [2.75, 3.05) is 0 Å². The standard InChI is InChI=1S/C16H21N5/c1-2-20-9-13(8-17-20)16-19-18-15-12-4-10-3-11(5-12)7-14(6-10)21(15)16/h8-12,14H,2-7H2,1H3. The van der Waals surface area contributed by atoms with E-state index < -0.39 is 0 Å². The lowest BCUT2D eigenvalue weighted by Crippen LogP contribution is -2.27. The Morgan fingerprint density at radius 3 is 2.62 bits per heavy atom. The summed E-state index contributed by atoms with van der Waals surface area (Å²) in [5, 5.41) is 13.5. The van der Waals surface area contributed by atoms with Crippen molar-refractivity contribution in [3.8, 4) is 11.4 Å². The summed E-state index contributed by atoms with van der Waals surface area (Å²) in [6, 6.07) is 0.617. The Kier molecular flexibility index (Phi) is 2.38. The predicted molar refractivity (Wildman–Crippen MR) is 78.8 cm³/mol. The van der Waals surface area contributed by atoms with E-state index in [4.69, 9.17) is 0 Å². The van der Waals surface area contributed by atoms with Crippen molar-refractivity contribution in [3.63, 3.8) is 0 Å². The van der Waals surface area contributed by atoms with Crippen LogP contribution < -0.4 is 0 Å². The van der Waals surface area contributed by atoms with Crippen molar-refractivity contribution >= 4 is 0 Å². The first-order valence-corrected chi connectivity index (χ1v) is 8.29. The molecule has 21 heavy (non-hydrogen) atoms. The Morgan fingerprint density at radius 2 is 1.90 bits per heavy atom.